The maximum atomic E-state index is 9.82. The van der Waals surface area contributed by atoms with E-state index in [2.05, 4.69) is 25.9 Å². The number of hydrogen-bond donors (Lipinski definition) is 1. The number of aryl methyl sites for hydroxylation is 1. The molecule has 1 aromatic heterocycles. The second-order valence-electron chi connectivity index (χ2n) is 4.02. The molecule has 80 valence electrons. The fourth-order valence-electron chi connectivity index (χ4n) is 1.67. The van der Waals surface area contributed by atoms with E-state index in [0.29, 0.717) is 11.8 Å². The molecule has 3 nitrogen and oxygen atoms in total. The van der Waals surface area contributed by atoms with Crippen molar-refractivity contribution in [2.75, 3.05) is 0 Å². The molecular weight excluding hydrogens is 176 g/mol. The molecule has 1 rings (SSSR count). The molecule has 0 unspecified atom stereocenters. The van der Waals surface area contributed by atoms with Crippen molar-refractivity contribution >= 4 is 0 Å². The summed E-state index contributed by atoms with van der Waals surface area (Å²) < 4.78 is 1.68. The van der Waals surface area contributed by atoms with E-state index in [1.165, 1.54) is 0 Å². The second-order valence-corrected chi connectivity index (χ2v) is 4.02. The van der Waals surface area contributed by atoms with E-state index >= 15 is 0 Å². The zero-order valence-electron chi connectivity index (χ0n) is 9.54. The van der Waals surface area contributed by atoms with Crippen LogP contribution in [0, 0.1) is 5.92 Å². The predicted molar refractivity (Wildman–Crippen MR) is 57.5 cm³/mol. The molecule has 0 spiro atoms. The molecule has 1 N–H and O–H groups in total. The topological polar surface area (TPSA) is 38.0 Å². The van der Waals surface area contributed by atoms with Crippen LogP contribution in [0.2, 0.25) is 0 Å². The molecule has 0 aliphatic carbocycles. The fourth-order valence-corrected chi connectivity index (χ4v) is 1.67. The summed E-state index contributed by atoms with van der Waals surface area (Å²) in [5.74, 6) is 0.936. The first kappa shape index (κ1) is 11.1. The Morgan fingerprint density at radius 2 is 2.00 bits per heavy atom. The van der Waals surface area contributed by atoms with Crippen LogP contribution >= 0.6 is 0 Å². The molecule has 0 saturated carbocycles. The summed E-state index contributed by atoms with van der Waals surface area (Å²) in [6.07, 6.45) is 1.80. The van der Waals surface area contributed by atoms with Gasteiger partial charge in [-0.3, -0.25) is 0 Å². The normalized spacial score (nSPS) is 11.2. The van der Waals surface area contributed by atoms with Crippen molar-refractivity contribution in [2.24, 2.45) is 5.92 Å². The molecule has 0 bridgehead atoms. The van der Waals surface area contributed by atoms with E-state index in [0.717, 1.165) is 30.6 Å². The highest BCUT2D eigenvalue weighted by Gasteiger charge is 2.15. The number of rotatable bonds is 4. The molecule has 1 aromatic rings. The third kappa shape index (κ3) is 2.08. The number of aromatic nitrogens is 2. The van der Waals surface area contributed by atoms with Crippen LogP contribution in [0.25, 0.3) is 0 Å². The van der Waals surface area contributed by atoms with Crippen LogP contribution in [0.5, 0.6) is 5.88 Å². The SMILES string of the molecule is CCc1c(CC(C)C)nn(CC)c1O. The van der Waals surface area contributed by atoms with E-state index in [-0.39, 0.29) is 0 Å². The smallest absolute Gasteiger partial charge is 0.212 e. The van der Waals surface area contributed by atoms with Gasteiger partial charge in [-0.2, -0.15) is 5.10 Å². The van der Waals surface area contributed by atoms with E-state index in [9.17, 15) is 5.11 Å². The largest absolute Gasteiger partial charge is 0.493 e. The van der Waals surface area contributed by atoms with Crippen LogP contribution in [0.3, 0.4) is 0 Å². The van der Waals surface area contributed by atoms with Crippen molar-refractivity contribution in [1.29, 1.82) is 0 Å². The Balaban J connectivity index is 3.02. The van der Waals surface area contributed by atoms with Crippen LogP contribution in [0.1, 0.15) is 39.0 Å². The minimum atomic E-state index is 0.352. The van der Waals surface area contributed by atoms with Crippen LogP contribution in [0.4, 0.5) is 0 Å². The van der Waals surface area contributed by atoms with E-state index in [1.807, 2.05) is 6.92 Å². The van der Waals surface area contributed by atoms with Gasteiger partial charge in [0.15, 0.2) is 0 Å². The van der Waals surface area contributed by atoms with Gasteiger partial charge in [0.05, 0.1) is 5.69 Å². The van der Waals surface area contributed by atoms with Gasteiger partial charge < -0.3 is 5.11 Å². The summed E-state index contributed by atoms with van der Waals surface area (Å²) in [6, 6.07) is 0. The highest BCUT2D eigenvalue weighted by Crippen LogP contribution is 2.23. The Bertz CT molecular complexity index is 302. The summed E-state index contributed by atoms with van der Waals surface area (Å²) in [5, 5.41) is 14.2. The summed E-state index contributed by atoms with van der Waals surface area (Å²) in [4.78, 5) is 0. The lowest BCUT2D eigenvalue weighted by Crippen LogP contribution is -2.00. The van der Waals surface area contributed by atoms with E-state index in [1.54, 1.807) is 4.68 Å². The van der Waals surface area contributed by atoms with Gasteiger partial charge in [-0.1, -0.05) is 20.8 Å². The minimum Gasteiger partial charge on any atom is -0.493 e. The molecule has 0 aromatic carbocycles. The zero-order valence-corrected chi connectivity index (χ0v) is 9.54. The monoisotopic (exact) mass is 196 g/mol. The predicted octanol–water partition coefficient (Wildman–Crippen LogP) is 2.37. The van der Waals surface area contributed by atoms with Gasteiger partial charge in [-0.25, -0.2) is 4.68 Å². The Morgan fingerprint density at radius 3 is 2.43 bits per heavy atom. The standard InChI is InChI=1S/C11H20N2O/c1-5-9-10(7-8(3)4)12-13(6-2)11(9)14/h8,14H,5-7H2,1-4H3. The van der Waals surface area contributed by atoms with Gasteiger partial charge in [-0.05, 0) is 25.7 Å². The van der Waals surface area contributed by atoms with Gasteiger partial charge in [0.1, 0.15) is 0 Å². The lowest BCUT2D eigenvalue weighted by atomic mass is 10.0. The summed E-state index contributed by atoms with van der Waals surface area (Å²) in [6.45, 7) is 9.12. The third-order valence-electron chi connectivity index (χ3n) is 2.36. The molecular formula is C11H20N2O. The molecule has 1 heterocycles. The number of nitrogens with zero attached hydrogens (tertiary/aromatic N) is 2. The molecule has 0 amide bonds. The molecule has 0 aliphatic heterocycles. The quantitative estimate of drug-likeness (QED) is 0.802. The molecule has 0 atom stereocenters. The maximum Gasteiger partial charge on any atom is 0.212 e. The van der Waals surface area contributed by atoms with Gasteiger partial charge in [0, 0.05) is 12.1 Å². The maximum absolute atomic E-state index is 9.82. The Labute approximate surface area is 85.8 Å². The van der Waals surface area contributed by atoms with Crippen molar-refractivity contribution in [3.05, 3.63) is 11.3 Å². The van der Waals surface area contributed by atoms with Crippen LogP contribution in [-0.2, 0) is 19.4 Å². The van der Waals surface area contributed by atoms with Crippen LogP contribution < -0.4 is 0 Å². The zero-order chi connectivity index (χ0) is 10.7. The fraction of sp³-hybridized carbons (Fsp3) is 0.727. The van der Waals surface area contributed by atoms with E-state index in [4.69, 9.17) is 0 Å². The highest BCUT2D eigenvalue weighted by atomic mass is 16.3. The van der Waals surface area contributed by atoms with Crippen molar-refractivity contribution in [1.82, 2.24) is 9.78 Å². The number of aromatic hydroxyl groups is 1. The highest BCUT2D eigenvalue weighted by molar-refractivity contribution is 5.30. The lowest BCUT2D eigenvalue weighted by Gasteiger charge is -2.02. The van der Waals surface area contributed by atoms with Crippen molar-refractivity contribution in [2.45, 2.75) is 47.1 Å². The summed E-state index contributed by atoms with van der Waals surface area (Å²) >= 11 is 0. The Kier molecular flexibility index (Phi) is 3.55. The first-order chi connectivity index (χ1) is 6.60. The second kappa shape index (κ2) is 4.49. The van der Waals surface area contributed by atoms with Gasteiger partial charge in [-0.15, -0.1) is 0 Å². The van der Waals surface area contributed by atoms with Crippen molar-refractivity contribution in [3.8, 4) is 5.88 Å². The first-order valence-corrected chi connectivity index (χ1v) is 5.37. The van der Waals surface area contributed by atoms with Gasteiger partial charge >= 0.3 is 0 Å². The molecule has 14 heavy (non-hydrogen) atoms. The number of hydrogen-bond acceptors (Lipinski definition) is 2. The van der Waals surface area contributed by atoms with Crippen LogP contribution in [-0.4, -0.2) is 14.9 Å². The average molecular weight is 196 g/mol. The summed E-state index contributed by atoms with van der Waals surface area (Å²) in [5.41, 5.74) is 2.07. The van der Waals surface area contributed by atoms with Gasteiger partial charge in [0.25, 0.3) is 0 Å². The summed E-state index contributed by atoms with van der Waals surface area (Å²) in [7, 11) is 0. The Morgan fingerprint density at radius 1 is 1.36 bits per heavy atom. The first-order valence-electron chi connectivity index (χ1n) is 5.37. The molecule has 0 aliphatic rings. The van der Waals surface area contributed by atoms with Crippen molar-refractivity contribution in [3.63, 3.8) is 0 Å². The third-order valence-corrected chi connectivity index (χ3v) is 2.36. The molecule has 0 saturated heterocycles. The minimum absolute atomic E-state index is 0.352. The van der Waals surface area contributed by atoms with E-state index < -0.39 is 0 Å². The average Bonchev–Trinajstić information content (AvgIpc) is 2.41. The molecule has 3 heteroatoms. The van der Waals surface area contributed by atoms with Gasteiger partial charge in [0.2, 0.25) is 5.88 Å². The lowest BCUT2D eigenvalue weighted by molar-refractivity contribution is 0.400. The Hall–Kier alpha value is -0.990. The van der Waals surface area contributed by atoms with Crippen LogP contribution in [0.15, 0.2) is 0 Å². The molecule has 0 fully saturated rings. The molecule has 0 radical (unpaired) electrons. The van der Waals surface area contributed by atoms with Crippen molar-refractivity contribution < 1.29 is 5.11 Å².